The minimum Gasteiger partial charge on any atom is -0.497 e. The van der Waals surface area contributed by atoms with Crippen LogP contribution in [0.4, 0.5) is 8.78 Å². The Morgan fingerprint density at radius 3 is 2.56 bits per heavy atom. The number of halogens is 3. The Morgan fingerprint density at radius 2 is 1.96 bits per heavy atom. The maximum Gasteiger partial charge on any atom is 0.172 e. The van der Waals surface area contributed by atoms with Crippen LogP contribution in [0.25, 0.3) is 0 Å². The second kappa shape index (κ2) is 6.02. The standard InChI is InChI=1S/C22H22BrF2NO/c1-27-16-5-2-14(3-6-16)11-26-12-15-4-7-17(18-10-22(18,23)25)20(24)19(15)21(13-26)8-9-21/h2-7,18H,8-13H2,1H3/i12D. The molecule has 0 bridgehead atoms. The molecule has 2 saturated carbocycles. The fraction of sp³-hybridized carbons (Fsp3) is 0.455. The number of fused-ring (bicyclic) bond motifs is 2. The molecule has 2 aromatic rings. The number of methoxy groups -OCH3 is 1. The highest BCUT2D eigenvalue weighted by Gasteiger charge is 2.57. The summed E-state index contributed by atoms with van der Waals surface area (Å²) >= 11 is 3.04. The third-order valence-electron chi connectivity index (χ3n) is 6.16. The number of benzene rings is 2. The molecule has 5 rings (SSSR count). The SMILES string of the molecule is [2H]C1c2ccc(C3CC3(F)Br)c(F)c2C2(CC2)CN1Cc1ccc(OC)cc1. The Bertz CT molecular complexity index is 929. The lowest BCUT2D eigenvalue weighted by Gasteiger charge is -2.36. The van der Waals surface area contributed by atoms with E-state index in [2.05, 4.69) is 20.8 Å². The molecule has 2 aliphatic carbocycles. The van der Waals surface area contributed by atoms with E-state index in [-0.39, 0.29) is 11.2 Å². The maximum absolute atomic E-state index is 15.4. The van der Waals surface area contributed by atoms with Gasteiger partial charge in [-0.3, -0.25) is 4.90 Å². The molecule has 0 amide bonds. The van der Waals surface area contributed by atoms with Crippen molar-refractivity contribution < 1.29 is 14.9 Å². The van der Waals surface area contributed by atoms with E-state index in [1.807, 2.05) is 30.3 Å². The van der Waals surface area contributed by atoms with Crippen molar-refractivity contribution in [3.05, 3.63) is 64.5 Å². The molecule has 2 aromatic carbocycles. The second-order valence-electron chi connectivity index (χ2n) is 8.11. The minimum atomic E-state index is -1.48. The molecule has 0 radical (unpaired) electrons. The summed E-state index contributed by atoms with van der Waals surface area (Å²) in [6.07, 6.45) is 2.15. The van der Waals surface area contributed by atoms with Gasteiger partial charge in [0.1, 0.15) is 11.6 Å². The summed E-state index contributed by atoms with van der Waals surface area (Å²) in [4.78, 5) is 2.11. The smallest absolute Gasteiger partial charge is 0.172 e. The van der Waals surface area contributed by atoms with Crippen LogP contribution in [0.3, 0.4) is 0 Å². The average molecular weight is 435 g/mol. The number of ether oxygens (including phenoxy) is 1. The topological polar surface area (TPSA) is 12.5 Å². The van der Waals surface area contributed by atoms with Crippen molar-refractivity contribution in [3.8, 4) is 5.75 Å². The van der Waals surface area contributed by atoms with E-state index < -0.39 is 17.0 Å². The lowest BCUT2D eigenvalue weighted by Crippen LogP contribution is -2.38. The van der Waals surface area contributed by atoms with Crippen LogP contribution in [0.15, 0.2) is 36.4 Å². The summed E-state index contributed by atoms with van der Waals surface area (Å²) in [5.41, 5.74) is 2.75. The molecule has 142 valence electrons. The summed E-state index contributed by atoms with van der Waals surface area (Å²) in [6, 6.07) is 11.4. The Hall–Kier alpha value is -1.46. The van der Waals surface area contributed by atoms with Gasteiger partial charge < -0.3 is 4.74 Å². The van der Waals surface area contributed by atoms with Crippen LogP contribution in [0.1, 0.15) is 48.8 Å². The van der Waals surface area contributed by atoms with E-state index in [1.165, 1.54) is 0 Å². The highest BCUT2D eigenvalue weighted by atomic mass is 79.9. The van der Waals surface area contributed by atoms with E-state index in [4.69, 9.17) is 6.11 Å². The summed E-state index contributed by atoms with van der Waals surface area (Å²) in [7, 11) is 1.64. The van der Waals surface area contributed by atoms with Crippen LogP contribution < -0.4 is 4.74 Å². The zero-order chi connectivity index (χ0) is 19.7. The molecule has 3 unspecified atom stereocenters. The Kier molecular flexibility index (Phi) is 3.67. The molecule has 1 aliphatic heterocycles. The summed E-state index contributed by atoms with van der Waals surface area (Å²) in [5.74, 6) is 0.106. The minimum absolute atomic E-state index is 0.223. The van der Waals surface area contributed by atoms with Crippen LogP contribution in [0.5, 0.6) is 5.75 Å². The molecule has 1 spiro atoms. The van der Waals surface area contributed by atoms with E-state index in [0.29, 0.717) is 30.6 Å². The number of nitrogens with zero attached hydrogens (tertiary/aromatic N) is 1. The van der Waals surface area contributed by atoms with Crippen molar-refractivity contribution in [2.75, 3.05) is 13.7 Å². The Labute approximate surface area is 168 Å². The van der Waals surface area contributed by atoms with Gasteiger partial charge in [0, 0.05) is 44.3 Å². The maximum atomic E-state index is 15.4. The highest BCUT2D eigenvalue weighted by Crippen LogP contribution is 2.61. The molecule has 0 aromatic heterocycles. The van der Waals surface area contributed by atoms with E-state index in [1.54, 1.807) is 13.2 Å². The summed E-state index contributed by atoms with van der Waals surface area (Å²) in [5, 5.41) is 0. The van der Waals surface area contributed by atoms with Crippen molar-refractivity contribution in [2.45, 2.75) is 48.2 Å². The van der Waals surface area contributed by atoms with Crippen LogP contribution in [0, 0.1) is 5.82 Å². The second-order valence-corrected chi connectivity index (χ2v) is 9.43. The van der Waals surface area contributed by atoms with E-state index in [0.717, 1.165) is 29.7 Å². The Balaban J connectivity index is 1.47. The Morgan fingerprint density at radius 1 is 1.26 bits per heavy atom. The number of rotatable bonds is 4. The van der Waals surface area contributed by atoms with Gasteiger partial charge in [-0.15, -0.1) is 0 Å². The summed E-state index contributed by atoms with van der Waals surface area (Å²) in [6.45, 7) is 0.686. The van der Waals surface area contributed by atoms with Gasteiger partial charge in [0.2, 0.25) is 0 Å². The van der Waals surface area contributed by atoms with Crippen LogP contribution in [0.2, 0.25) is 0 Å². The number of alkyl halides is 2. The predicted octanol–water partition coefficient (Wildman–Crippen LogP) is 5.43. The zero-order valence-corrected chi connectivity index (χ0v) is 16.7. The third-order valence-corrected chi connectivity index (χ3v) is 7.04. The van der Waals surface area contributed by atoms with Gasteiger partial charge in [0.05, 0.1) is 7.11 Å². The molecular formula is C22H22BrF2NO. The van der Waals surface area contributed by atoms with Gasteiger partial charge in [0.15, 0.2) is 4.58 Å². The molecule has 3 aliphatic rings. The van der Waals surface area contributed by atoms with Gasteiger partial charge >= 0.3 is 0 Å². The van der Waals surface area contributed by atoms with Gasteiger partial charge in [-0.25, -0.2) is 8.78 Å². The molecule has 0 N–H and O–H groups in total. The van der Waals surface area contributed by atoms with Gasteiger partial charge in [0.25, 0.3) is 0 Å². The average Bonchev–Trinajstić information content (AvgIpc) is 3.57. The number of hydrogen-bond acceptors (Lipinski definition) is 2. The van der Waals surface area contributed by atoms with E-state index >= 15 is 4.39 Å². The van der Waals surface area contributed by atoms with Gasteiger partial charge in [-0.1, -0.05) is 24.3 Å². The van der Waals surface area contributed by atoms with Crippen molar-refractivity contribution in [1.29, 1.82) is 0 Å². The fourth-order valence-electron chi connectivity index (χ4n) is 4.41. The van der Waals surface area contributed by atoms with Crippen molar-refractivity contribution in [1.82, 2.24) is 4.90 Å². The molecule has 1 heterocycles. The molecule has 27 heavy (non-hydrogen) atoms. The first-order valence-electron chi connectivity index (χ1n) is 9.92. The molecular weight excluding hydrogens is 412 g/mol. The normalized spacial score (nSPS) is 31.3. The first-order valence-corrected chi connectivity index (χ1v) is 10.1. The molecule has 3 atom stereocenters. The molecule has 2 fully saturated rings. The van der Waals surface area contributed by atoms with Gasteiger partial charge in [-0.05, 0) is 57.6 Å². The lowest BCUT2D eigenvalue weighted by molar-refractivity contribution is 0.209. The first-order chi connectivity index (χ1) is 13.3. The van der Waals surface area contributed by atoms with Crippen molar-refractivity contribution in [3.63, 3.8) is 0 Å². The largest absolute Gasteiger partial charge is 0.497 e. The third kappa shape index (κ3) is 2.99. The molecule has 0 saturated heterocycles. The first kappa shape index (κ1) is 16.5. The molecule has 2 nitrogen and oxygen atoms in total. The number of hydrogen-bond donors (Lipinski definition) is 0. The van der Waals surface area contributed by atoms with E-state index in [9.17, 15) is 4.39 Å². The monoisotopic (exact) mass is 434 g/mol. The van der Waals surface area contributed by atoms with Crippen molar-refractivity contribution >= 4 is 15.9 Å². The van der Waals surface area contributed by atoms with Gasteiger partial charge in [-0.2, -0.15) is 0 Å². The van der Waals surface area contributed by atoms with Crippen LogP contribution >= 0.6 is 15.9 Å². The van der Waals surface area contributed by atoms with Crippen LogP contribution in [-0.2, 0) is 18.5 Å². The lowest BCUT2D eigenvalue weighted by atomic mass is 9.84. The predicted molar refractivity (Wildman–Crippen MR) is 105 cm³/mol. The van der Waals surface area contributed by atoms with Crippen LogP contribution in [-0.4, -0.2) is 23.1 Å². The summed E-state index contributed by atoms with van der Waals surface area (Å²) < 4.78 is 42.0. The quantitative estimate of drug-likeness (QED) is 0.594. The zero-order valence-electron chi connectivity index (χ0n) is 16.1. The highest BCUT2D eigenvalue weighted by molar-refractivity contribution is 9.10. The van der Waals surface area contributed by atoms with Crippen molar-refractivity contribution in [2.24, 2.45) is 0 Å². The fourth-order valence-corrected chi connectivity index (χ4v) is 4.98. The molecule has 5 heteroatoms.